The van der Waals surface area contributed by atoms with Crippen molar-refractivity contribution >= 4 is 63.6 Å². The summed E-state index contributed by atoms with van der Waals surface area (Å²) in [6.07, 6.45) is -0.199. The van der Waals surface area contributed by atoms with Crippen LogP contribution in [0.4, 0.5) is 0 Å². The molecule has 2 aliphatic heterocycles. The zero-order valence-electron chi connectivity index (χ0n) is 39.7. The molecule has 0 bridgehead atoms. The van der Waals surface area contributed by atoms with Gasteiger partial charge in [0.05, 0.1) is 53.6 Å². The van der Waals surface area contributed by atoms with Crippen LogP contribution in [-0.2, 0) is 28.7 Å². The minimum absolute atomic E-state index is 0.0328. The van der Waals surface area contributed by atoms with Gasteiger partial charge in [-0.05, 0) is 75.3 Å². The summed E-state index contributed by atoms with van der Waals surface area (Å²) >= 11 is 9.46. The lowest BCUT2D eigenvalue weighted by atomic mass is 9.85. The average Bonchev–Trinajstić information content (AvgIpc) is 4.07. The molecule has 3 aromatic heterocycles. The lowest BCUT2D eigenvalue weighted by molar-refractivity contribution is -0.144. The molecule has 5 atom stereocenters. The molecule has 2 aliphatic rings. The SMILES string of the molecule is Cc1ncsc1-c1ccc([C@H](C)NC(=O)[C@@H]2C[C@@H](O)CN2C(=O)[C@@H](NC(=O)COCCOCCCNC(=O)C[C@@H]2N=C(c3ccc(Cl)cc3)c3c(sc(C)c3C)-n3c(C)nnc32)C(C)(C)C)cc1. The molecule has 4 amide bonds. The van der Waals surface area contributed by atoms with Gasteiger partial charge in [-0.1, -0.05) is 68.8 Å². The highest BCUT2D eigenvalue weighted by Gasteiger charge is 2.45. The molecule has 7 rings (SSSR count). The molecule has 0 saturated carbocycles. The minimum Gasteiger partial charge on any atom is -0.391 e. The van der Waals surface area contributed by atoms with E-state index in [0.29, 0.717) is 36.2 Å². The summed E-state index contributed by atoms with van der Waals surface area (Å²) in [6.45, 7) is 16.1. The van der Waals surface area contributed by atoms with Gasteiger partial charge in [0.2, 0.25) is 23.6 Å². The molecular weight excluding hydrogens is 926 g/mol. The van der Waals surface area contributed by atoms with Crippen LogP contribution >= 0.6 is 34.3 Å². The average molecular weight is 987 g/mol. The number of aliphatic hydroxyl groups is 1. The number of rotatable bonds is 18. The van der Waals surface area contributed by atoms with Crippen LogP contribution in [0.1, 0.15) is 104 Å². The second kappa shape index (κ2) is 21.9. The van der Waals surface area contributed by atoms with Crippen molar-refractivity contribution < 1.29 is 33.8 Å². The van der Waals surface area contributed by atoms with Crippen LogP contribution < -0.4 is 16.0 Å². The molecule has 0 unspecified atom stereocenters. The van der Waals surface area contributed by atoms with Crippen molar-refractivity contribution in [2.24, 2.45) is 10.4 Å². The van der Waals surface area contributed by atoms with Crippen molar-refractivity contribution in [1.29, 1.82) is 0 Å². The van der Waals surface area contributed by atoms with Gasteiger partial charge in [0.25, 0.3) is 0 Å². The maximum absolute atomic E-state index is 14.1. The molecule has 16 nitrogen and oxygen atoms in total. The van der Waals surface area contributed by atoms with Gasteiger partial charge in [-0.15, -0.1) is 32.9 Å². The van der Waals surface area contributed by atoms with Gasteiger partial charge >= 0.3 is 0 Å². The van der Waals surface area contributed by atoms with Gasteiger partial charge in [0.15, 0.2) is 5.82 Å². The summed E-state index contributed by atoms with van der Waals surface area (Å²) in [4.78, 5) is 67.3. The standard InChI is InChI=1S/C49H60ClN9O7S2/c1-27-30(4)68-48-41(27)42(33-14-16-35(50)17-15-33)54-37(45-57-56-31(5)59(45)48)23-39(61)51-18-9-19-65-20-21-66-25-40(62)55-44(49(6,7)8)47(64)58-24-36(60)22-38(58)46(63)53-28(2)32-10-12-34(13-11-32)43-29(3)52-26-67-43/h10-17,26,28,36-38,44,60H,9,18-25H2,1-8H3,(H,51,61)(H,53,63)(H,55,62)/t28-,36+,37-,38-,44+/m0/s1. The normalized spacial score (nSPS) is 17.7. The molecule has 19 heteroatoms. The molecule has 1 saturated heterocycles. The highest BCUT2D eigenvalue weighted by atomic mass is 35.5. The maximum atomic E-state index is 14.1. The van der Waals surface area contributed by atoms with Crippen molar-refractivity contribution in [3.05, 3.63) is 104 Å². The molecule has 68 heavy (non-hydrogen) atoms. The third kappa shape index (κ3) is 11.7. The third-order valence-corrected chi connectivity index (χ3v) is 14.6. The number of likely N-dealkylation sites (tertiary alicyclic amines) is 1. The molecule has 2 aromatic carbocycles. The van der Waals surface area contributed by atoms with Crippen molar-refractivity contribution in [1.82, 2.24) is 40.6 Å². The van der Waals surface area contributed by atoms with E-state index < -0.39 is 41.5 Å². The van der Waals surface area contributed by atoms with Crippen LogP contribution in [0.15, 0.2) is 59.0 Å². The highest BCUT2D eigenvalue weighted by Crippen LogP contribution is 2.40. The number of halogens is 1. The smallest absolute Gasteiger partial charge is 0.246 e. The largest absolute Gasteiger partial charge is 0.391 e. The topological polar surface area (TPSA) is 202 Å². The number of thiophene rings is 1. The van der Waals surface area contributed by atoms with Crippen molar-refractivity contribution in [2.45, 2.75) is 105 Å². The number of carbonyl (C=O) groups excluding carboxylic acids is 4. The number of fused-ring (bicyclic) bond motifs is 3. The first-order chi connectivity index (χ1) is 32.4. The number of aliphatic hydroxyl groups excluding tert-OH is 1. The number of hydrogen-bond donors (Lipinski definition) is 4. The van der Waals surface area contributed by atoms with Gasteiger partial charge in [-0.3, -0.25) is 28.7 Å². The minimum atomic E-state index is -0.990. The molecule has 4 N–H and O–H groups in total. The monoisotopic (exact) mass is 985 g/mol. The van der Waals surface area contributed by atoms with E-state index >= 15 is 0 Å². The first kappa shape index (κ1) is 50.5. The Kier molecular flexibility index (Phi) is 16.3. The van der Waals surface area contributed by atoms with E-state index in [1.165, 1.54) is 4.90 Å². The number of ether oxygens (including phenoxy) is 2. The first-order valence-electron chi connectivity index (χ1n) is 22.8. The van der Waals surface area contributed by atoms with E-state index in [-0.39, 0.29) is 57.1 Å². The zero-order chi connectivity index (χ0) is 48.9. The Bertz CT molecular complexity index is 2640. The number of carbonyl (C=O) groups is 4. The quantitative estimate of drug-likeness (QED) is 0.0700. The van der Waals surface area contributed by atoms with Crippen LogP contribution in [-0.4, -0.2) is 117 Å². The summed E-state index contributed by atoms with van der Waals surface area (Å²) in [5.74, 6) is -0.204. The predicted molar refractivity (Wildman–Crippen MR) is 264 cm³/mol. The first-order valence-corrected chi connectivity index (χ1v) is 24.9. The fraction of sp³-hybridized carbons (Fsp3) is 0.469. The second-order valence-corrected chi connectivity index (χ2v) is 20.9. The van der Waals surface area contributed by atoms with Crippen molar-refractivity contribution in [3.8, 4) is 15.4 Å². The fourth-order valence-corrected chi connectivity index (χ4v) is 10.5. The Morgan fingerprint density at radius 1 is 0.926 bits per heavy atom. The lowest BCUT2D eigenvalue weighted by Crippen LogP contribution is -2.58. The fourth-order valence-electron chi connectivity index (χ4n) is 8.39. The van der Waals surface area contributed by atoms with Crippen LogP contribution in [0.2, 0.25) is 5.02 Å². The Balaban J connectivity index is 0.840. The Labute approximate surface area is 409 Å². The van der Waals surface area contributed by atoms with E-state index in [4.69, 9.17) is 26.1 Å². The molecule has 5 aromatic rings. The third-order valence-electron chi connectivity index (χ3n) is 12.2. The molecule has 362 valence electrons. The molecule has 0 aliphatic carbocycles. The molecule has 1 fully saturated rings. The summed E-state index contributed by atoms with van der Waals surface area (Å²) < 4.78 is 13.3. The van der Waals surface area contributed by atoms with E-state index in [0.717, 1.165) is 54.0 Å². The lowest BCUT2D eigenvalue weighted by Gasteiger charge is -2.35. The number of hydrogen-bond acceptors (Lipinski definition) is 13. The van der Waals surface area contributed by atoms with Crippen LogP contribution in [0.5, 0.6) is 0 Å². The predicted octanol–water partition coefficient (Wildman–Crippen LogP) is 6.53. The Morgan fingerprint density at radius 2 is 1.63 bits per heavy atom. The van der Waals surface area contributed by atoms with Gasteiger partial charge in [0, 0.05) is 47.1 Å². The number of benzene rings is 2. The van der Waals surface area contributed by atoms with Crippen molar-refractivity contribution in [2.75, 3.05) is 39.5 Å². The number of nitrogens with one attached hydrogen (secondary N) is 3. The number of nitrogens with zero attached hydrogens (tertiary/aromatic N) is 6. The molecule has 5 heterocycles. The summed E-state index contributed by atoms with van der Waals surface area (Å²) in [6, 6.07) is 12.6. The van der Waals surface area contributed by atoms with Gasteiger partial charge in [-0.25, -0.2) is 4.98 Å². The molecular formula is C49H60ClN9O7S2. The van der Waals surface area contributed by atoms with Crippen LogP contribution in [0, 0.1) is 33.1 Å². The summed E-state index contributed by atoms with van der Waals surface area (Å²) in [7, 11) is 0. The van der Waals surface area contributed by atoms with Crippen LogP contribution in [0.25, 0.3) is 15.4 Å². The van der Waals surface area contributed by atoms with Gasteiger partial charge in [0.1, 0.15) is 35.6 Å². The van der Waals surface area contributed by atoms with E-state index in [9.17, 15) is 24.3 Å². The highest BCUT2D eigenvalue weighted by molar-refractivity contribution is 7.15. The maximum Gasteiger partial charge on any atom is 0.246 e. The summed E-state index contributed by atoms with van der Waals surface area (Å²) in [5.41, 5.74) is 7.76. The summed E-state index contributed by atoms with van der Waals surface area (Å²) in [5, 5.41) is 29.9. The number of β-amino-alcohol motifs (C(OH)–C–C–N with tert-alkyl or cyclic N) is 1. The zero-order valence-corrected chi connectivity index (χ0v) is 42.1. The second-order valence-electron chi connectivity index (χ2n) is 18.4. The number of aryl methyl sites for hydroxylation is 3. The molecule has 0 spiro atoms. The van der Waals surface area contributed by atoms with Gasteiger partial charge in [-0.2, -0.15) is 0 Å². The number of aliphatic imine (C=N–C) groups is 1. The molecule has 0 radical (unpaired) electrons. The van der Waals surface area contributed by atoms with Crippen LogP contribution in [0.3, 0.4) is 0 Å². The number of thiazole rings is 1. The number of aromatic nitrogens is 4. The number of amides is 4. The Morgan fingerprint density at radius 3 is 2.32 bits per heavy atom. The van der Waals surface area contributed by atoms with E-state index in [1.807, 2.05) is 100 Å². The van der Waals surface area contributed by atoms with Gasteiger partial charge < -0.3 is 35.4 Å². The van der Waals surface area contributed by atoms with E-state index in [1.54, 1.807) is 22.7 Å². The Hall–Kier alpha value is -5.37. The van der Waals surface area contributed by atoms with Crippen molar-refractivity contribution in [3.63, 3.8) is 0 Å². The van der Waals surface area contributed by atoms with E-state index in [2.05, 4.69) is 45.0 Å².